The van der Waals surface area contributed by atoms with Gasteiger partial charge in [-0.3, -0.25) is 9.59 Å². The molecule has 0 spiro atoms. The summed E-state index contributed by atoms with van der Waals surface area (Å²) in [5.74, 6) is -2.12. The number of ether oxygens (including phenoxy) is 2. The van der Waals surface area contributed by atoms with Crippen molar-refractivity contribution in [3.05, 3.63) is 53.6 Å². The Balaban J connectivity index is 0.00000408. The van der Waals surface area contributed by atoms with Gasteiger partial charge in [0, 0.05) is 24.5 Å². The molecule has 1 aliphatic heterocycles. The van der Waals surface area contributed by atoms with Gasteiger partial charge in [0.25, 0.3) is 11.8 Å². The number of aliphatic hydroxyl groups is 1. The average molecular weight is 501 g/mol. The molecule has 9 nitrogen and oxygen atoms in total. The normalized spacial score (nSPS) is 16.8. The molecule has 34 heavy (non-hydrogen) atoms. The van der Waals surface area contributed by atoms with E-state index in [2.05, 4.69) is 10.1 Å². The van der Waals surface area contributed by atoms with Crippen molar-refractivity contribution in [2.24, 2.45) is 5.73 Å². The van der Waals surface area contributed by atoms with Crippen molar-refractivity contribution in [3.8, 4) is 11.8 Å². The number of nitrogens with one attached hydrogen (secondary N) is 1. The van der Waals surface area contributed by atoms with E-state index < -0.39 is 36.1 Å². The summed E-state index contributed by atoms with van der Waals surface area (Å²) in [6.45, 7) is 0.107. The number of alkyl halides is 3. The summed E-state index contributed by atoms with van der Waals surface area (Å²) in [5.41, 5.74) is 6.91. The molecule has 2 aromatic rings. The largest absolute Gasteiger partial charge is 0.573 e. The monoisotopic (exact) mass is 500 g/mol. The van der Waals surface area contributed by atoms with Gasteiger partial charge in [-0.25, -0.2) is 0 Å². The second-order valence-electron chi connectivity index (χ2n) is 6.94. The first-order valence-electron chi connectivity index (χ1n) is 9.63. The van der Waals surface area contributed by atoms with E-state index in [1.165, 1.54) is 35.2 Å². The van der Waals surface area contributed by atoms with Gasteiger partial charge < -0.3 is 30.5 Å². The maximum Gasteiger partial charge on any atom is 0.573 e. The quantitative estimate of drug-likeness (QED) is 0.552. The lowest BCUT2D eigenvalue weighted by Gasteiger charge is -2.34. The molecule has 0 radical (unpaired) electrons. The highest BCUT2D eigenvalue weighted by atomic mass is 35.5. The van der Waals surface area contributed by atoms with Crippen LogP contribution in [-0.2, 0) is 20.9 Å². The Labute approximate surface area is 198 Å². The molecule has 1 aliphatic rings. The maximum absolute atomic E-state index is 12.8. The molecule has 1 unspecified atom stereocenters. The van der Waals surface area contributed by atoms with E-state index in [-0.39, 0.29) is 43.5 Å². The number of morpholine rings is 1. The standard InChI is InChI=1S/C21H19F3N4O5.ClH/c22-21(23,24)33-16-5-3-15(4-6-16)28-7-8-32-18(20(28)31)17(29)19(30)27-14-2-1-12(10-25)13(9-14)11-26;/h1-6,9,17-18,29H,7-8,11,26H2,(H,27,30);1H/t17?,18-;/m1./s1. The number of nitriles is 1. The topological polar surface area (TPSA) is 138 Å². The smallest absolute Gasteiger partial charge is 0.406 e. The molecule has 0 aliphatic carbocycles. The lowest BCUT2D eigenvalue weighted by molar-refractivity contribution is -0.274. The van der Waals surface area contributed by atoms with Crippen LogP contribution in [0.4, 0.5) is 24.5 Å². The summed E-state index contributed by atoms with van der Waals surface area (Å²) < 4.78 is 46.1. The number of nitrogens with zero attached hydrogens (tertiary/aromatic N) is 2. The summed E-state index contributed by atoms with van der Waals surface area (Å²) in [4.78, 5) is 26.5. The van der Waals surface area contributed by atoms with E-state index >= 15 is 0 Å². The van der Waals surface area contributed by atoms with E-state index in [1.807, 2.05) is 6.07 Å². The molecule has 1 saturated heterocycles. The fourth-order valence-corrected chi connectivity index (χ4v) is 3.22. The number of halogens is 4. The first kappa shape index (κ1) is 26.9. The Morgan fingerprint density at radius 3 is 2.59 bits per heavy atom. The lowest BCUT2D eigenvalue weighted by atomic mass is 10.1. The number of carbonyl (C=O) groups excluding carboxylic acids is 2. The zero-order chi connectivity index (χ0) is 24.2. The number of nitrogens with two attached hydrogens (primary N) is 1. The zero-order valence-corrected chi connectivity index (χ0v) is 18.2. The Morgan fingerprint density at radius 2 is 2.00 bits per heavy atom. The first-order valence-corrected chi connectivity index (χ1v) is 9.63. The Morgan fingerprint density at radius 1 is 1.32 bits per heavy atom. The molecule has 0 saturated carbocycles. The van der Waals surface area contributed by atoms with Crippen LogP contribution in [0.25, 0.3) is 0 Å². The third-order valence-electron chi connectivity index (χ3n) is 4.77. The predicted molar refractivity (Wildman–Crippen MR) is 116 cm³/mol. The highest BCUT2D eigenvalue weighted by Crippen LogP contribution is 2.27. The second-order valence-corrected chi connectivity index (χ2v) is 6.94. The molecule has 1 heterocycles. The maximum atomic E-state index is 12.8. The number of amides is 2. The van der Waals surface area contributed by atoms with Crippen LogP contribution in [0.1, 0.15) is 11.1 Å². The SMILES string of the molecule is Cl.N#Cc1ccc(NC(=O)C(O)[C@H]2OCCN(c3ccc(OC(F)(F)F)cc3)C2=O)cc1CN. The van der Waals surface area contributed by atoms with Gasteiger partial charge in [0.2, 0.25) is 0 Å². The van der Waals surface area contributed by atoms with Gasteiger partial charge in [-0.05, 0) is 48.0 Å². The summed E-state index contributed by atoms with van der Waals surface area (Å²) in [5, 5.41) is 21.9. The number of benzene rings is 2. The molecular weight excluding hydrogens is 481 g/mol. The number of aliphatic hydroxyl groups excluding tert-OH is 1. The van der Waals surface area contributed by atoms with Crippen LogP contribution >= 0.6 is 12.4 Å². The van der Waals surface area contributed by atoms with Crippen molar-refractivity contribution in [2.75, 3.05) is 23.4 Å². The van der Waals surface area contributed by atoms with Crippen molar-refractivity contribution in [2.45, 2.75) is 25.1 Å². The highest BCUT2D eigenvalue weighted by molar-refractivity contribution is 6.03. The highest BCUT2D eigenvalue weighted by Gasteiger charge is 2.39. The number of carbonyl (C=O) groups is 2. The lowest BCUT2D eigenvalue weighted by Crippen LogP contribution is -2.55. The molecule has 2 aromatic carbocycles. The van der Waals surface area contributed by atoms with Crippen LogP contribution in [0, 0.1) is 11.3 Å². The number of rotatable bonds is 6. The fraction of sp³-hybridized carbons (Fsp3) is 0.286. The van der Waals surface area contributed by atoms with Crippen LogP contribution < -0.4 is 20.7 Å². The first-order chi connectivity index (χ1) is 15.6. The summed E-state index contributed by atoms with van der Waals surface area (Å²) in [6, 6.07) is 10.9. The molecule has 13 heteroatoms. The van der Waals surface area contributed by atoms with Crippen LogP contribution in [0.2, 0.25) is 0 Å². The van der Waals surface area contributed by atoms with Crippen molar-refractivity contribution in [1.82, 2.24) is 0 Å². The van der Waals surface area contributed by atoms with E-state index in [9.17, 15) is 27.9 Å². The molecule has 182 valence electrons. The van der Waals surface area contributed by atoms with Crippen molar-refractivity contribution in [1.29, 1.82) is 5.26 Å². The van der Waals surface area contributed by atoms with Crippen LogP contribution in [-0.4, -0.2) is 48.6 Å². The fourth-order valence-electron chi connectivity index (χ4n) is 3.22. The molecule has 0 aromatic heterocycles. The molecule has 0 bridgehead atoms. The van der Waals surface area contributed by atoms with Gasteiger partial charge in [0.15, 0.2) is 12.2 Å². The summed E-state index contributed by atoms with van der Waals surface area (Å²) in [7, 11) is 0. The Kier molecular flexibility index (Phi) is 8.83. The summed E-state index contributed by atoms with van der Waals surface area (Å²) >= 11 is 0. The third kappa shape index (κ3) is 6.36. The van der Waals surface area contributed by atoms with Gasteiger partial charge in [0.05, 0.1) is 18.2 Å². The number of anilines is 2. The Hall–Kier alpha value is -3.37. The van der Waals surface area contributed by atoms with Crippen LogP contribution in [0.15, 0.2) is 42.5 Å². The minimum absolute atomic E-state index is 0. The van der Waals surface area contributed by atoms with Gasteiger partial charge in [-0.2, -0.15) is 5.26 Å². The average Bonchev–Trinajstić information content (AvgIpc) is 2.78. The molecular formula is C21H20ClF3N4O5. The van der Waals surface area contributed by atoms with E-state index in [0.717, 1.165) is 12.1 Å². The van der Waals surface area contributed by atoms with Gasteiger partial charge in [-0.15, -0.1) is 25.6 Å². The molecule has 2 atom stereocenters. The molecule has 1 fully saturated rings. The van der Waals surface area contributed by atoms with Gasteiger partial charge >= 0.3 is 6.36 Å². The molecule has 3 rings (SSSR count). The predicted octanol–water partition coefficient (Wildman–Crippen LogP) is 2.07. The third-order valence-corrected chi connectivity index (χ3v) is 4.77. The minimum atomic E-state index is -4.85. The number of hydrogen-bond acceptors (Lipinski definition) is 7. The van der Waals surface area contributed by atoms with Crippen molar-refractivity contribution >= 4 is 35.6 Å². The van der Waals surface area contributed by atoms with Crippen LogP contribution in [0.5, 0.6) is 5.75 Å². The van der Waals surface area contributed by atoms with Gasteiger partial charge in [0.1, 0.15) is 5.75 Å². The van der Waals surface area contributed by atoms with E-state index in [1.54, 1.807) is 0 Å². The second kappa shape index (κ2) is 11.2. The zero-order valence-electron chi connectivity index (χ0n) is 17.4. The van der Waals surface area contributed by atoms with Crippen LogP contribution in [0.3, 0.4) is 0 Å². The summed E-state index contributed by atoms with van der Waals surface area (Å²) in [6.07, 6.45) is -8.25. The molecule has 4 N–H and O–H groups in total. The minimum Gasteiger partial charge on any atom is -0.406 e. The van der Waals surface area contributed by atoms with Crippen molar-refractivity contribution < 1.29 is 37.3 Å². The number of hydrogen-bond donors (Lipinski definition) is 3. The van der Waals surface area contributed by atoms with E-state index in [4.69, 9.17) is 15.7 Å². The molecule has 2 amide bonds. The van der Waals surface area contributed by atoms with Crippen molar-refractivity contribution in [3.63, 3.8) is 0 Å². The van der Waals surface area contributed by atoms with Gasteiger partial charge in [-0.1, -0.05) is 0 Å². The Bertz CT molecular complexity index is 1080. The van der Waals surface area contributed by atoms with E-state index in [0.29, 0.717) is 11.1 Å².